The molecule has 0 amide bonds. The van der Waals surface area contributed by atoms with E-state index < -0.39 is 11.9 Å². The fraction of sp³-hybridized carbons (Fsp3) is 0.417. The van der Waals surface area contributed by atoms with Gasteiger partial charge in [-0.1, -0.05) is 6.07 Å². The van der Waals surface area contributed by atoms with Crippen LogP contribution in [0.1, 0.15) is 12.5 Å². The lowest BCUT2D eigenvalue weighted by molar-refractivity contribution is -0.142. The molecule has 0 saturated heterocycles. The Bertz CT molecular complexity index is 373. The lowest BCUT2D eigenvalue weighted by atomic mass is 10.2. The van der Waals surface area contributed by atoms with Crippen LogP contribution in [0.5, 0.6) is 11.5 Å². The third-order valence-electron chi connectivity index (χ3n) is 2.23. The smallest absolute Gasteiger partial charge is 0.309 e. The van der Waals surface area contributed by atoms with Gasteiger partial charge in [-0.3, -0.25) is 4.79 Å². The van der Waals surface area contributed by atoms with Gasteiger partial charge in [0.1, 0.15) is 6.61 Å². The van der Waals surface area contributed by atoms with Crippen molar-refractivity contribution >= 4 is 5.97 Å². The van der Waals surface area contributed by atoms with Gasteiger partial charge in [0.05, 0.1) is 13.0 Å². The molecule has 0 bridgehead atoms. The van der Waals surface area contributed by atoms with Crippen LogP contribution in [0.25, 0.3) is 0 Å². The topological polar surface area (TPSA) is 55.8 Å². The lowest BCUT2D eigenvalue weighted by Crippen LogP contribution is -2.18. The van der Waals surface area contributed by atoms with Gasteiger partial charge >= 0.3 is 5.97 Å². The molecule has 0 aliphatic carbocycles. The van der Waals surface area contributed by atoms with Crippen LogP contribution in [0.15, 0.2) is 18.2 Å². The second kappa shape index (κ2) is 5.39. The highest BCUT2D eigenvalue weighted by Crippen LogP contribution is 2.28. The van der Waals surface area contributed by atoms with Gasteiger partial charge in [-0.15, -0.1) is 0 Å². The minimum Gasteiger partial charge on any atom is -0.493 e. The first kappa shape index (κ1) is 12.4. The molecule has 0 saturated carbocycles. The summed E-state index contributed by atoms with van der Waals surface area (Å²) in [6.07, 6.45) is 0. The number of aryl methyl sites for hydroxylation is 1. The summed E-state index contributed by atoms with van der Waals surface area (Å²) in [6, 6.07) is 5.52. The number of carboxylic acid groups (broad SMARTS) is 1. The van der Waals surface area contributed by atoms with Crippen molar-refractivity contribution in [1.82, 2.24) is 0 Å². The SMILES string of the molecule is COc1cc(C)ccc1OCC(C)C(=O)O. The van der Waals surface area contributed by atoms with E-state index in [-0.39, 0.29) is 6.61 Å². The number of rotatable bonds is 5. The number of aliphatic carboxylic acids is 1. The molecular formula is C12H16O4. The van der Waals surface area contributed by atoms with E-state index >= 15 is 0 Å². The molecule has 0 heterocycles. The maximum atomic E-state index is 10.6. The van der Waals surface area contributed by atoms with E-state index in [1.807, 2.05) is 19.1 Å². The third-order valence-corrected chi connectivity index (χ3v) is 2.23. The van der Waals surface area contributed by atoms with Crippen molar-refractivity contribution in [2.45, 2.75) is 13.8 Å². The molecule has 1 unspecified atom stereocenters. The number of hydrogen-bond donors (Lipinski definition) is 1. The predicted octanol–water partition coefficient (Wildman–Crippen LogP) is 2.10. The number of hydrogen-bond acceptors (Lipinski definition) is 3. The van der Waals surface area contributed by atoms with E-state index in [0.717, 1.165) is 5.56 Å². The number of ether oxygens (including phenoxy) is 2. The quantitative estimate of drug-likeness (QED) is 0.832. The zero-order valence-corrected chi connectivity index (χ0v) is 9.69. The van der Waals surface area contributed by atoms with Gasteiger partial charge in [-0.05, 0) is 31.5 Å². The van der Waals surface area contributed by atoms with E-state index in [0.29, 0.717) is 11.5 Å². The van der Waals surface area contributed by atoms with E-state index in [1.54, 1.807) is 20.1 Å². The van der Waals surface area contributed by atoms with Crippen LogP contribution in [0.4, 0.5) is 0 Å². The van der Waals surface area contributed by atoms with Crippen LogP contribution in [-0.2, 0) is 4.79 Å². The first-order chi connectivity index (χ1) is 7.54. The minimum absolute atomic E-state index is 0.134. The maximum Gasteiger partial charge on any atom is 0.309 e. The second-order valence-corrected chi connectivity index (χ2v) is 3.70. The summed E-state index contributed by atoms with van der Waals surface area (Å²) in [4.78, 5) is 10.6. The molecule has 0 aromatic heterocycles. The van der Waals surface area contributed by atoms with Gasteiger partial charge in [0.25, 0.3) is 0 Å². The molecule has 88 valence electrons. The molecule has 1 atom stereocenters. The monoisotopic (exact) mass is 224 g/mol. The van der Waals surface area contributed by atoms with E-state index in [9.17, 15) is 4.79 Å². The van der Waals surface area contributed by atoms with Crippen molar-refractivity contribution in [2.75, 3.05) is 13.7 Å². The summed E-state index contributed by atoms with van der Waals surface area (Å²) in [5.74, 6) is -0.212. The fourth-order valence-corrected chi connectivity index (χ4v) is 1.18. The van der Waals surface area contributed by atoms with Crippen molar-refractivity contribution < 1.29 is 19.4 Å². The summed E-state index contributed by atoms with van der Waals surface area (Å²) in [5.41, 5.74) is 1.07. The maximum absolute atomic E-state index is 10.6. The molecule has 0 fully saturated rings. The Morgan fingerprint density at radius 1 is 1.44 bits per heavy atom. The third kappa shape index (κ3) is 3.15. The lowest BCUT2D eigenvalue weighted by Gasteiger charge is -2.12. The van der Waals surface area contributed by atoms with Gasteiger partial charge in [0, 0.05) is 0 Å². The highest BCUT2D eigenvalue weighted by molar-refractivity contribution is 5.69. The summed E-state index contributed by atoms with van der Waals surface area (Å²) in [7, 11) is 1.56. The van der Waals surface area contributed by atoms with E-state index in [1.165, 1.54) is 0 Å². The predicted molar refractivity (Wildman–Crippen MR) is 60.0 cm³/mol. The molecule has 0 aliphatic rings. The van der Waals surface area contributed by atoms with Crippen LogP contribution < -0.4 is 9.47 Å². The Morgan fingerprint density at radius 3 is 2.69 bits per heavy atom. The Hall–Kier alpha value is -1.71. The molecule has 1 rings (SSSR count). The van der Waals surface area contributed by atoms with Gasteiger partial charge < -0.3 is 14.6 Å². The second-order valence-electron chi connectivity index (χ2n) is 3.70. The largest absolute Gasteiger partial charge is 0.493 e. The van der Waals surface area contributed by atoms with Crippen molar-refractivity contribution in [1.29, 1.82) is 0 Å². The Labute approximate surface area is 94.8 Å². The van der Waals surface area contributed by atoms with Crippen LogP contribution in [-0.4, -0.2) is 24.8 Å². The highest BCUT2D eigenvalue weighted by atomic mass is 16.5. The summed E-state index contributed by atoms with van der Waals surface area (Å²) in [5, 5.41) is 8.72. The summed E-state index contributed by atoms with van der Waals surface area (Å²) in [6.45, 7) is 3.68. The van der Waals surface area contributed by atoms with Crippen LogP contribution in [0.3, 0.4) is 0 Å². The standard InChI is InChI=1S/C12H16O4/c1-8-4-5-10(11(6-8)15-3)16-7-9(2)12(13)14/h4-6,9H,7H2,1-3H3,(H,13,14). The van der Waals surface area contributed by atoms with Crippen LogP contribution in [0, 0.1) is 12.8 Å². The van der Waals surface area contributed by atoms with Gasteiger partial charge in [-0.25, -0.2) is 0 Å². The minimum atomic E-state index is -0.869. The molecule has 1 aromatic rings. The number of methoxy groups -OCH3 is 1. The van der Waals surface area contributed by atoms with Crippen molar-refractivity contribution in [3.05, 3.63) is 23.8 Å². The first-order valence-electron chi connectivity index (χ1n) is 5.05. The van der Waals surface area contributed by atoms with Crippen molar-refractivity contribution in [3.8, 4) is 11.5 Å². The Kier molecular flexibility index (Phi) is 4.17. The average Bonchev–Trinajstić information content (AvgIpc) is 2.26. The first-order valence-corrected chi connectivity index (χ1v) is 5.05. The van der Waals surface area contributed by atoms with E-state index in [2.05, 4.69) is 0 Å². The summed E-state index contributed by atoms with van der Waals surface area (Å²) >= 11 is 0. The number of benzene rings is 1. The highest BCUT2D eigenvalue weighted by Gasteiger charge is 2.13. The molecule has 16 heavy (non-hydrogen) atoms. The molecule has 1 aromatic carbocycles. The molecular weight excluding hydrogens is 208 g/mol. The van der Waals surface area contributed by atoms with E-state index in [4.69, 9.17) is 14.6 Å². The average molecular weight is 224 g/mol. The van der Waals surface area contributed by atoms with Crippen molar-refractivity contribution in [2.24, 2.45) is 5.92 Å². The zero-order valence-electron chi connectivity index (χ0n) is 9.69. The molecule has 1 N–H and O–H groups in total. The van der Waals surface area contributed by atoms with Gasteiger partial charge in [-0.2, -0.15) is 0 Å². The normalized spacial score (nSPS) is 11.9. The Balaban J connectivity index is 2.70. The number of carboxylic acids is 1. The molecule has 0 aliphatic heterocycles. The fourth-order valence-electron chi connectivity index (χ4n) is 1.18. The van der Waals surface area contributed by atoms with Crippen LogP contribution in [0.2, 0.25) is 0 Å². The van der Waals surface area contributed by atoms with Crippen molar-refractivity contribution in [3.63, 3.8) is 0 Å². The molecule has 4 nitrogen and oxygen atoms in total. The zero-order chi connectivity index (χ0) is 12.1. The molecule has 4 heteroatoms. The Morgan fingerprint density at radius 2 is 2.12 bits per heavy atom. The number of carbonyl (C=O) groups is 1. The van der Waals surface area contributed by atoms with Crippen LogP contribution >= 0.6 is 0 Å². The molecule has 0 spiro atoms. The molecule has 0 radical (unpaired) electrons. The summed E-state index contributed by atoms with van der Waals surface area (Å²) < 4.78 is 10.5. The van der Waals surface area contributed by atoms with Gasteiger partial charge in [0.15, 0.2) is 11.5 Å². The van der Waals surface area contributed by atoms with Gasteiger partial charge in [0.2, 0.25) is 0 Å².